The molecule has 32 heavy (non-hydrogen) atoms. The van der Waals surface area contributed by atoms with E-state index in [1.165, 1.54) is 7.11 Å². The number of benzene rings is 2. The van der Waals surface area contributed by atoms with E-state index in [-0.39, 0.29) is 18.3 Å². The number of carbonyl (C=O) groups is 2. The fourth-order valence-corrected chi connectivity index (χ4v) is 4.15. The number of methoxy groups -OCH3 is 1. The monoisotopic (exact) mass is 477 g/mol. The van der Waals surface area contributed by atoms with Crippen molar-refractivity contribution in [2.45, 2.75) is 32.3 Å². The Kier molecular flexibility index (Phi) is 8.56. The van der Waals surface area contributed by atoms with Gasteiger partial charge in [0.25, 0.3) is 5.91 Å². The first kappa shape index (κ1) is 24.1. The van der Waals surface area contributed by atoms with Gasteiger partial charge in [0, 0.05) is 40.6 Å². The Hall–Kier alpha value is -2.54. The average Bonchev–Trinajstić information content (AvgIpc) is 3.14. The third-order valence-electron chi connectivity index (χ3n) is 5.09. The molecule has 8 heteroatoms. The minimum Gasteiger partial charge on any atom is -0.450 e. The molecule has 0 aliphatic rings. The highest BCUT2D eigenvalue weighted by molar-refractivity contribution is 6.35. The van der Waals surface area contributed by atoms with E-state index in [0.29, 0.717) is 27.7 Å². The van der Waals surface area contributed by atoms with Gasteiger partial charge in [0.1, 0.15) is 5.58 Å². The maximum absolute atomic E-state index is 12.6. The lowest BCUT2D eigenvalue weighted by Gasteiger charge is -2.19. The Morgan fingerprint density at radius 2 is 1.94 bits per heavy atom. The van der Waals surface area contributed by atoms with Crippen LogP contribution in [0.5, 0.6) is 0 Å². The zero-order chi connectivity index (χ0) is 23.1. The van der Waals surface area contributed by atoms with Crippen molar-refractivity contribution >= 4 is 46.0 Å². The molecule has 170 valence electrons. The Bertz CT molecular complexity index is 1100. The molecule has 1 atom stereocenters. The van der Waals surface area contributed by atoms with Gasteiger partial charge in [-0.15, -0.1) is 0 Å². The molecule has 0 aliphatic carbocycles. The molecule has 1 N–H and O–H groups in total. The van der Waals surface area contributed by atoms with E-state index in [1.54, 1.807) is 18.2 Å². The van der Waals surface area contributed by atoms with Crippen molar-refractivity contribution < 1.29 is 23.5 Å². The number of fused-ring (bicyclic) bond motifs is 1. The number of furan rings is 1. The van der Waals surface area contributed by atoms with Crippen molar-refractivity contribution in [2.24, 2.45) is 0 Å². The summed E-state index contributed by atoms with van der Waals surface area (Å²) in [4.78, 5) is 24.9. The summed E-state index contributed by atoms with van der Waals surface area (Å²) in [5, 5.41) is 4.71. The number of hydrogen-bond acceptors (Lipinski definition) is 5. The smallest absolute Gasteiger partial charge is 0.375 e. The molecule has 0 radical (unpaired) electrons. The first-order valence-electron chi connectivity index (χ1n) is 10.3. The molecule has 0 saturated carbocycles. The zero-order valence-corrected chi connectivity index (χ0v) is 19.5. The van der Waals surface area contributed by atoms with Crippen molar-refractivity contribution in [3.63, 3.8) is 0 Å². The second kappa shape index (κ2) is 11.4. The van der Waals surface area contributed by atoms with Crippen molar-refractivity contribution in [1.29, 1.82) is 0 Å². The number of ether oxygens (including phenoxy) is 2. The van der Waals surface area contributed by atoms with Crippen LogP contribution in [0.25, 0.3) is 11.0 Å². The predicted octanol–water partition coefficient (Wildman–Crippen LogP) is 5.74. The molecular weight excluding hydrogens is 453 g/mol. The fraction of sp³-hybridized carbons (Fsp3) is 0.333. The lowest BCUT2D eigenvalue weighted by atomic mass is 9.94. The number of rotatable bonds is 10. The van der Waals surface area contributed by atoms with Gasteiger partial charge in [-0.25, -0.2) is 4.79 Å². The lowest BCUT2D eigenvalue weighted by molar-refractivity contribution is -0.124. The molecule has 1 unspecified atom stereocenters. The minimum atomic E-state index is -0.714. The molecule has 0 saturated heterocycles. The topological polar surface area (TPSA) is 77.8 Å². The van der Waals surface area contributed by atoms with Crippen molar-refractivity contribution in [3.05, 3.63) is 69.4 Å². The first-order chi connectivity index (χ1) is 15.4. The number of halogens is 2. The maximum atomic E-state index is 12.6. The first-order valence-corrected chi connectivity index (χ1v) is 11.1. The number of esters is 1. The zero-order valence-electron chi connectivity index (χ0n) is 18.0. The van der Waals surface area contributed by atoms with E-state index in [9.17, 15) is 9.59 Å². The van der Waals surface area contributed by atoms with Gasteiger partial charge < -0.3 is 19.2 Å². The van der Waals surface area contributed by atoms with E-state index in [0.717, 1.165) is 23.8 Å². The van der Waals surface area contributed by atoms with Crippen LogP contribution < -0.4 is 5.32 Å². The molecular formula is C24H25Cl2NO5. The van der Waals surface area contributed by atoms with E-state index < -0.39 is 18.5 Å². The van der Waals surface area contributed by atoms with Gasteiger partial charge in [0.05, 0.1) is 6.61 Å². The van der Waals surface area contributed by atoms with Gasteiger partial charge >= 0.3 is 5.97 Å². The van der Waals surface area contributed by atoms with E-state index in [4.69, 9.17) is 37.1 Å². The van der Waals surface area contributed by atoms with Gasteiger partial charge in [-0.3, -0.25) is 4.79 Å². The van der Waals surface area contributed by atoms with Gasteiger partial charge in [-0.1, -0.05) is 60.8 Å². The van der Waals surface area contributed by atoms with Crippen LogP contribution in [0, 0.1) is 0 Å². The van der Waals surface area contributed by atoms with Gasteiger partial charge in [0.2, 0.25) is 5.76 Å². The molecule has 1 aromatic heterocycles. The highest BCUT2D eigenvalue weighted by Crippen LogP contribution is 2.30. The highest BCUT2D eigenvalue weighted by Gasteiger charge is 2.23. The maximum Gasteiger partial charge on any atom is 0.375 e. The largest absolute Gasteiger partial charge is 0.450 e. The van der Waals surface area contributed by atoms with Crippen LogP contribution in [0.15, 0.2) is 46.9 Å². The summed E-state index contributed by atoms with van der Waals surface area (Å²) in [6.07, 6.45) is 1.75. The quantitative estimate of drug-likeness (QED) is 0.376. The van der Waals surface area contributed by atoms with E-state index in [2.05, 4.69) is 12.2 Å². The SMILES string of the molecule is CCCC(CNC(=O)COC(=O)c1oc2ccccc2c1COC)c1ccc(Cl)cc1Cl. The summed E-state index contributed by atoms with van der Waals surface area (Å²) in [7, 11) is 1.53. The number of hydrogen-bond donors (Lipinski definition) is 1. The second-order valence-electron chi connectivity index (χ2n) is 7.37. The van der Waals surface area contributed by atoms with Crippen LogP contribution in [0.3, 0.4) is 0 Å². The fourth-order valence-electron chi connectivity index (χ4n) is 3.58. The molecule has 1 heterocycles. The third-order valence-corrected chi connectivity index (χ3v) is 5.65. The molecule has 2 aromatic carbocycles. The average molecular weight is 478 g/mol. The number of para-hydroxylation sites is 1. The van der Waals surface area contributed by atoms with Crippen molar-refractivity contribution in [1.82, 2.24) is 5.32 Å². The lowest BCUT2D eigenvalue weighted by Crippen LogP contribution is -2.32. The summed E-state index contributed by atoms with van der Waals surface area (Å²) in [6, 6.07) is 12.6. The Morgan fingerprint density at radius 3 is 2.66 bits per heavy atom. The molecule has 3 aromatic rings. The minimum absolute atomic E-state index is 0.0214. The third kappa shape index (κ3) is 5.82. The standard InChI is InChI=1S/C24H25Cl2NO5/c1-3-6-15(17-10-9-16(25)11-20(17)26)12-27-22(28)14-31-24(29)23-19(13-30-2)18-7-4-5-8-21(18)32-23/h4-5,7-11,15H,3,6,12-14H2,1-2H3,(H,27,28). The molecule has 6 nitrogen and oxygen atoms in total. The molecule has 1 amide bonds. The van der Waals surface area contributed by atoms with Crippen LogP contribution in [0.4, 0.5) is 0 Å². The van der Waals surface area contributed by atoms with Crippen LogP contribution in [0.1, 0.15) is 47.4 Å². The van der Waals surface area contributed by atoms with Gasteiger partial charge in [-0.2, -0.15) is 0 Å². The summed E-state index contributed by atoms with van der Waals surface area (Å²) >= 11 is 12.3. The summed E-state index contributed by atoms with van der Waals surface area (Å²) in [5.74, 6) is -1.06. The summed E-state index contributed by atoms with van der Waals surface area (Å²) in [6.45, 7) is 2.19. The van der Waals surface area contributed by atoms with Gasteiger partial charge in [-0.05, 0) is 30.2 Å². The second-order valence-corrected chi connectivity index (χ2v) is 8.21. The summed E-state index contributed by atoms with van der Waals surface area (Å²) < 4.78 is 16.0. The number of carbonyl (C=O) groups excluding carboxylic acids is 2. The normalized spacial score (nSPS) is 12.0. The Balaban J connectivity index is 1.61. The molecule has 3 rings (SSSR count). The Morgan fingerprint density at radius 1 is 1.16 bits per heavy atom. The number of amides is 1. The predicted molar refractivity (Wildman–Crippen MR) is 124 cm³/mol. The Labute approximate surface area is 196 Å². The molecule has 0 fully saturated rings. The van der Waals surface area contributed by atoms with Crippen molar-refractivity contribution in [2.75, 3.05) is 20.3 Å². The highest BCUT2D eigenvalue weighted by atomic mass is 35.5. The van der Waals surface area contributed by atoms with Crippen LogP contribution in [-0.4, -0.2) is 32.1 Å². The van der Waals surface area contributed by atoms with Crippen LogP contribution in [0.2, 0.25) is 10.0 Å². The van der Waals surface area contributed by atoms with Crippen molar-refractivity contribution in [3.8, 4) is 0 Å². The van der Waals surface area contributed by atoms with Gasteiger partial charge in [0.15, 0.2) is 6.61 Å². The molecule has 0 bridgehead atoms. The van der Waals surface area contributed by atoms with Crippen LogP contribution in [-0.2, 0) is 20.9 Å². The van der Waals surface area contributed by atoms with Crippen LogP contribution >= 0.6 is 23.2 Å². The van der Waals surface area contributed by atoms with E-state index >= 15 is 0 Å². The summed E-state index contributed by atoms with van der Waals surface area (Å²) in [5.41, 5.74) is 2.06. The molecule has 0 aliphatic heterocycles. The van der Waals surface area contributed by atoms with E-state index in [1.807, 2.05) is 24.3 Å². The number of nitrogens with one attached hydrogen (secondary N) is 1. The molecule has 0 spiro atoms.